The molecule has 16 heavy (non-hydrogen) atoms. The van der Waals surface area contributed by atoms with Crippen molar-refractivity contribution in [1.82, 2.24) is 10.2 Å². The van der Waals surface area contributed by atoms with Crippen LogP contribution in [0.2, 0.25) is 0 Å². The van der Waals surface area contributed by atoms with Crippen molar-refractivity contribution < 1.29 is 17.6 Å². The van der Waals surface area contributed by atoms with Crippen LogP contribution in [0.25, 0.3) is 0 Å². The van der Waals surface area contributed by atoms with E-state index < -0.39 is 18.9 Å². The number of nitrogens with one attached hydrogen (secondary N) is 1. The lowest BCUT2D eigenvalue weighted by Crippen LogP contribution is -2.43. The summed E-state index contributed by atoms with van der Waals surface area (Å²) in [5.74, 6) is -3.90. The molecule has 0 aromatic rings. The molecule has 96 valence electrons. The zero-order valence-electron chi connectivity index (χ0n) is 9.52. The Hall–Kier alpha value is -0.360. The molecule has 0 saturated carbocycles. The largest absolute Gasteiger partial charge is 0.319 e. The first-order valence-corrected chi connectivity index (χ1v) is 5.45. The SMILES string of the molecule is CC(C)NC1CCN(CC(F)(F)C(F)F)C1. The number of halogens is 4. The highest BCUT2D eigenvalue weighted by molar-refractivity contribution is 4.85. The van der Waals surface area contributed by atoms with Gasteiger partial charge in [0.05, 0.1) is 6.54 Å². The molecule has 6 heteroatoms. The molecule has 1 unspecified atom stereocenters. The number of rotatable bonds is 5. The molecule has 0 amide bonds. The Morgan fingerprint density at radius 2 is 2.00 bits per heavy atom. The molecule has 0 bridgehead atoms. The molecule has 2 nitrogen and oxygen atoms in total. The van der Waals surface area contributed by atoms with Crippen molar-refractivity contribution >= 4 is 0 Å². The highest BCUT2D eigenvalue weighted by Gasteiger charge is 2.43. The van der Waals surface area contributed by atoms with Crippen molar-refractivity contribution in [2.45, 2.75) is 44.7 Å². The molecule has 0 aliphatic carbocycles. The first-order chi connectivity index (χ1) is 7.31. The maximum absolute atomic E-state index is 12.8. The van der Waals surface area contributed by atoms with Crippen LogP contribution in [0.5, 0.6) is 0 Å². The third kappa shape index (κ3) is 3.90. The second-order valence-corrected chi connectivity index (χ2v) is 4.60. The highest BCUT2D eigenvalue weighted by Crippen LogP contribution is 2.25. The maximum atomic E-state index is 12.8. The van der Waals surface area contributed by atoms with Crippen molar-refractivity contribution in [3.63, 3.8) is 0 Å². The monoisotopic (exact) mass is 242 g/mol. The third-order valence-electron chi connectivity index (χ3n) is 2.60. The lowest BCUT2D eigenvalue weighted by atomic mass is 10.2. The van der Waals surface area contributed by atoms with Crippen LogP contribution < -0.4 is 5.32 Å². The predicted molar refractivity (Wildman–Crippen MR) is 54.1 cm³/mol. The normalized spacial score (nSPS) is 23.6. The van der Waals surface area contributed by atoms with E-state index in [2.05, 4.69) is 5.32 Å². The van der Waals surface area contributed by atoms with E-state index in [-0.39, 0.29) is 12.1 Å². The number of nitrogens with zero attached hydrogens (tertiary/aromatic N) is 1. The molecule has 0 aromatic heterocycles. The topological polar surface area (TPSA) is 15.3 Å². The second-order valence-electron chi connectivity index (χ2n) is 4.60. The molecule has 1 atom stereocenters. The Kier molecular flexibility index (Phi) is 4.55. The van der Waals surface area contributed by atoms with E-state index in [1.54, 1.807) is 0 Å². The van der Waals surface area contributed by atoms with Gasteiger partial charge in [-0.3, -0.25) is 4.90 Å². The molecule has 0 aromatic carbocycles. The summed E-state index contributed by atoms with van der Waals surface area (Å²) in [5.41, 5.74) is 0. The van der Waals surface area contributed by atoms with Crippen LogP contribution >= 0.6 is 0 Å². The summed E-state index contributed by atoms with van der Waals surface area (Å²) in [7, 11) is 0. The predicted octanol–water partition coefficient (Wildman–Crippen LogP) is 1.96. The first-order valence-electron chi connectivity index (χ1n) is 5.45. The smallest absolute Gasteiger partial charge is 0.310 e. The van der Waals surface area contributed by atoms with Gasteiger partial charge in [-0.05, 0) is 13.0 Å². The fourth-order valence-corrected chi connectivity index (χ4v) is 1.95. The molecule has 1 aliphatic heterocycles. The Bertz CT molecular complexity index is 221. The molecule has 1 rings (SSSR count). The van der Waals surface area contributed by atoms with Gasteiger partial charge >= 0.3 is 12.3 Å². The van der Waals surface area contributed by atoms with E-state index in [0.29, 0.717) is 13.1 Å². The van der Waals surface area contributed by atoms with Crippen molar-refractivity contribution in [1.29, 1.82) is 0 Å². The Labute approximate surface area is 93.0 Å². The summed E-state index contributed by atoms with van der Waals surface area (Å²) in [4.78, 5) is 1.40. The Morgan fingerprint density at radius 3 is 2.50 bits per heavy atom. The van der Waals surface area contributed by atoms with Gasteiger partial charge < -0.3 is 5.32 Å². The molecule has 0 radical (unpaired) electrons. The van der Waals surface area contributed by atoms with Gasteiger partial charge in [0.1, 0.15) is 0 Å². The number of likely N-dealkylation sites (tertiary alicyclic amines) is 1. The standard InChI is InChI=1S/C10H18F4N2/c1-7(2)15-8-3-4-16(5-8)6-10(13,14)9(11)12/h7-9,15H,3-6H2,1-2H3. The van der Waals surface area contributed by atoms with Crippen molar-refractivity contribution in [3.8, 4) is 0 Å². The van der Waals surface area contributed by atoms with Crippen molar-refractivity contribution in [2.75, 3.05) is 19.6 Å². The lowest BCUT2D eigenvalue weighted by Gasteiger charge is -2.23. The molecule has 1 heterocycles. The van der Waals surface area contributed by atoms with Gasteiger partial charge in [-0.1, -0.05) is 13.8 Å². The van der Waals surface area contributed by atoms with Gasteiger partial charge in [-0.2, -0.15) is 8.78 Å². The van der Waals surface area contributed by atoms with Gasteiger partial charge in [0.15, 0.2) is 0 Å². The zero-order valence-corrected chi connectivity index (χ0v) is 9.52. The van der Waals surface area contributed by atoms with Gasteiger partial charge in [0.2, 0.25) is 0 Å². The van der Waals surface area contributed by atoms with Crippen LogP contribution in [-0.4, -0.2) is 49.0 Å². The van der Waals surface area contributed by atoms with Crippen LogP contribution in [0, 0.1) is 0 Å². The average Bonchev–Trinajstić information content (AvgIpc) is 2.50. The van der Waals surface area contributed by atoms with Crippen molar-refractivity contribution in [3.05, 3.63) is 0 Å². The summed E-state index contributed by atoms with van der Waals surface area (Å²) < 4.78 is 49.5. The summed E-state index contributed by atoms with van der Waals surface area (Å²) in [5, 5.41) is 3.21. The molecule has 1 N–H and O–H groups in total. The van der Waals surface area contributed by atoms with Crippen LogP contribution in [0.3, 0.4) is 0 Å². The van der Waals surface area contributed by atoms with Crippen LogP contribution in [0.15, 0.2) is 0 Å². The molecule has 1 saturated heterocycles. The van der Waals surface area contributed by atoms with Crippen LogP contribution in [0.1, 0.15) is 20.3 Å². The molecule has 0 spiro atoms. The van der Waals surface area contributed by atoms with E-state index in [1.807, 2.05) is 13.8 Å². The minimum Gasteiger partial charge on any atom is -0.310 e. The van der Waals surface area contributed by atoms with E-state index >= 15 is 0 Å². The minimum absolute atomic E-state index is 0.133. The Morgan fingerprint density at radius 1 is 1.38 bits per heavy atom. The maximum Gasteiger partial charge on any atom is 0.319 e. The molecule has 1 fully saturated rings. The van der Waals surface area contributed by atoms with E-state index in [0.717, 1.165) is 6.42 Å². The fourth-order valence-electron chi connectivity index (χ4n) is 1.95. The molecule has 1 aliphatic rings. The number of alkyl halides is 4. The van der Waals surface area contributed by atoms with Crippen LogP contribution in [-0.2, 0) is 0 Å². The number of hydrogen-bond donors (Lipinski definition) is 1. The van der Waals surface area contributed by atoms with Gasteiger partial charge in [0.25, 0.3) is 0 Å². The third-order valence-corrected chi connectivity index (χ3v) is 2.60. The van der Waals surface area contributed by atoms with E-state index in [4.69, 9.17) is 0 Å². The van der Waals surface area contributed by atoms with E-state index in [1.165, 1.54) is 4.90 Å². The first kappa shape index (κ1) is 13.7. The minimum atomic E-state index is -3.90. The van der Waals surface area contributed by atoms with Crippen LogP contribution in [0.4, 0.5) is 17.6 Å². The molecular weight excluding hydrogens is 224 g/mol. The fraction of sp³-hybridized carbons (Fsp3) is 1.00. The highest BCUT2D eigenvalue weighted by atomic mass is 19.3. The van der Waals surface area contributed by atoms with Gasteiger partial charge in [-0.15, -0.1) is 0 Å². The quantitative estimate of drug-likeness (QED) is 0.741. The molecular formula is C10H18F4N2. The summed E-state index contributed by atoms with van der Waals surface area (Å²) in [6, 6.07) is 0.411. The summed E-state index contributed by atoms with van der Waals surface area (Å²) in [6.45, 7) is 3.96. The average molecular weight is 242 g/mol. The number of hydrogen-bond acceptors (Lipinski definition) is 2. The lowest BCUT2D eigenvalue weighted by molar-refractivity contribution is -0.140. The summed E-state index contributed by atoms with van der Waals surface area (Å²) >= 11 is 0. The second kappa shape index (κ2) is 5.31. The van der Waals surface area contributed by atoms with Crippen molar-refractivity contribution in [2.24, 2.45) is 0 Å². The van der Waals surface area contributed by atoms with Gasteiger partial charge in [-0.25, -0.2) is 8.78 Å². The summed E-state index contributed by atoms with van der Waals surface area (Å²) in [6.07, 6.45) is -2.85. The zero-order chi connectivity index (χ0) is 12.3. The van der Waals surface area contributed by atoms with Gasteiger partial charge in [0, 0.05) is 18.6 Å². The van der Waals surface area contributed by atoms with E-state index in [9.17, 15) is 17.6 Å². The Balaban J connectivity index is 2.36.